The topological polar surface area (TPSA) is 86.7 Å². The second-order valence-corrected chi connectivity index (χ2v) is 7.52. The summed E-state index contributed by atoms with van der Waals surface area (Å²) in [5, 5.41) is 11.4. The van der Waals surface area contributed by atoms with Crippen LogP contribution in [0.5, 0.6) is 0 Å². The number of carbonyl (C=O) groups is 3. The summed E-state index contributed by atoms with van der Waals surface area (Å²) in [6.07, 6.45) is -11.9. The van der Waals surface area contributed by atoms with Gasteiger partial charge in [-0.3, -0.25) is 19.7 Å². The molecule has 1 aliphatic heterocycles. The third-order valence-electron chi connectivity index (χ3n) is 5.36. The molecule has 0 spiro atoms. The molecule has 1 aliphatic rings. The lowest BCUT2D eigenvalue weighted by Gasteiger charge is -2.38. The Kier molecular flexibility index (Phi) is 5.78. The average molecular weight is 474 g/mol. The van der Waals surface area contributed by atoms with E-state index in [9.17, 15) is 45.8 Å². The van der Waals surface area contributed by atoms with E-state index in [0.29, 0.717) is 30.3 Å². The number of fused-ring (bicyclic) bond motifs is 1. The van der Waals surface area contributed by atoms with Crippen molar-refractivity contribution in [3.63, 3.8) is 0 Å². The van der Waals surface area contributed by atoms with Gasteiger partial charge in [-0.2, -0.15) is 26.3 Å². The maximum atomic E-state index is 14.4. The highest BCUT2D eigenvalue weighted by atomic mass is 19.4. The Labute approximate surface area is 182 Å². The van der Waals surface area contributed by atoms with Crippen molar-refractivity contribution in [1.29, 1.82) is 0 Å². The van der Waals surface area contributed by atoms with Crippen LogP contribution in [0, 0.1) is 0 Å². The van der Waals surface area contributed by atoms with Crippen molar-refractivity contribution < 1.29 is 45.8 Å². The number of nitrogens with one attached hydrogen (secondary N) is 1. The quantitative estimate of drug-likeness (QED) is 0.527. The number of hydrogen-bond acceptors (Lipinski definition) is 4. The van der Waals surface area contributed by atoms with Crippen molar-refractivity contribution in [3.05, 3.63) is 69.8 Å². The number of benzene rings is 2. The Hall–Kier alpha value is -3.41. The molecule has 12 heteroatoms. The number of rotatable bonds is 4. The zero-order valence-corrected chi connectivity index (χ0v) is 17.1. The van der Waals surface area contributed by atoms with Crippen molar-refractivity contribution in [2.45, 2.75) is 24.4 Å². The minimum absolute atomic E-state index is 0.275. The fraction of sp³-hybridized carbons (Fsp3) is 0.286. The molecule has 0 radical (unpaired) electrons. The van der Waals surface area contributed by atoms with Gasteiger partial charge in [0, 0.05) is 19.7 Å². The predicted molar refractivity (Wildman–Crippen MR) is 102 cm³/mol. The lowest BCUT2D eigenvalue weighted by Crippen LogP contribution is -2.55. The van der Waals surface area contributed by atoms with E-state index in [4.69, 9.17) is 0 Å². The summed E-state index contributed by atoms with van der Waals surface area (Å²) in [6, 6.07) is 3.34. The number of aliphatic hydroxyl groups is 1. The van der Waals surface area contributed by atoms with Gasteiger partial charge in [0.15, 0.2) is 0 Å². The van der Waals surface area contributed by atoms with Crippen LogP contribution in [0.1, 0.15) is 47.8 Å². The fourth-order valence-electron chi connectivity index (χ4n) is 3.79. The molecule has 3 amide bonds. The number of amides is 3. The SMILES string of the molecule is CN(C)C(=O)c1ccc(C(c2ccc3c(c2)C(=O)NC3=O)(C(F)(F)F)C(F)(F)F)cc1CO. The zero-order valence-electron chi connectivity index (χ0n) is 17.1. The summed E-state index contributed by atoms with van der Waals surface area (Å²) in [5.41, 5.74) is -8.98. The first-order valence-electron chi connectivity index (χ1n) is 9.26. The molecular formula is C21H16F6N2O4. The summed E-state index contributed by atoms with van der Waals surface area (Å²) in [7, 11) is 2.65. The van der Waals surface area contributed by atoms with Gasteiger partial charge in [-0.05, 0) is 34.9 Å². The molecule has 2 N–H and O–H groups in total. The van der Waals surface area contributed by atoms with Crippen LogP contribution in [-0.2, 0) is 12.0 Å². The molecule has 0 atom stereocenters. The number of carbonyl (C=O) groups excluding carboxylic acids is 3. The van der Waals surface area contributed by atoms with Gasteiger partial charge < -0.3 is 10.0 Å². The summed E-state index contributed by atoms with van der Waals surface area (Å²) < 4.78 is 86.2. The van der Waals surface area contributed by atoms with Crippen molar-refractivity contribution in [2.24, 2.45) is 0 Å². The molecule has 2 aromatic carbocycles. The number of nitrogens with zero attached hydrogens (tertiary/aromatic N) is 1. The van der Waals surface area contributed by atoms with Crippen LogP contribution in [0.25, 0.3) is 0 Å². The second-order valence-electron chi connectivity index (χ2n) is 7.52. The maximum Gasteiger partial charge on any atom is 0.411 e. The first kappa shape index (κ1) is 24.2. The van der Waals surface area contributed by atoms with Crippen LogP contribution in [0.2, 0.25) is 0 Å². The van der Waals surface area contributed by atoms with E-state index in [1.165, 1.54) is 14.1 Å². The van der Waals surface area contributed by atoms with Crippen molar-refractivity contribution in [3.8, 4) is 0 Å². The van der Waals surface area contributed by atoms with Gasteiger partial charge in [0.05, 0.1) is 17.7 Å². The van der Waals surface area contributed by atoms with E-state index in [0.717, 1.165) is 11.0 Å². The summed E-state index contributed by atoms with van der Waals surface area (Å²) in [5.74, 6) is -2.80. The molecule has 0 unspecified atom stereocenters. The van der Waals surface area contributed by atoms with E-state index in [-0.39, 0.29) is 11.1 Å². The monoisotopic (exact) mass is 474 g/mol. The molecule has 2 aromatic rings. The molecule has 176 valence electrons. The Bertz CT molecular complexity index is 1140. The lowest BCUT2D eigenvalue weighted by molar-refractivity contribution is -0.288. The molecule has 0 fully saturated rings. The van der Waals surface area contributed by atoms with Gasteiger partial charge in [0.2, 0.25) is 5.41 Å². The number of halogens is 6. The van der Waals surface area contributed by atoms with Crippen molar-refractivity contribution in [1.82, 2.24) is 10.2 Å². The number of alkyl halides is 6. The first-order valence-corrected chi connectivity index (χ1v) is 9.26. The molecule has 33 heavy (non-hydrogen) atoms. The molecular weight excluding hydrogens is 458 g/mol. The Morgan fingerprint density at radius 3 is 1.91 bits per heavy atom. The summed E-state index contributed by atoms with van der Waals surface area (Å²) >= 11 is 0. The second kappa shape index (κ2) is 7.87. The van der Waals surface area contributed by atoms with Gasteiger partial charge in [-0.1, -0.05) is 18.2 Å². The van der Waals surface area contributed by atoms with E-state index >= 15 is 0 Å². The van der Waals surface area contributed by atoms with Gasteiger partial charge in [0.1, 0.15) is 0 Å². The van der Waals surface area contributed by atoms with Crippen molar-refractivity contribution in [2.75, 3.05) is 14.1 Å². The third kappa shape index (κ3) is 3.63. The summed E-state index contributed by atoms with van der Waals surface area (Å²) in [4.78, 5) is 36.9. The van der Waals surface area contributed by atoms with E-state index in [1.54, 1.807) is 0 Å². The highest BCUT2D eigenvalue weighted by Gasteiger charge is 2.72. The Balaban J connectivity index is 2.38. The molecule has 0 saturated heterocycles. The number of imide groups is 1. The van der Waals surface area contributed by atoms with E-state index in [2.05, 4.69) is 0 Å². The standard InChI is InChI=1S/C21H16F6N2O4/c1-29(2)18(33)13-5-3-11(7-10(13)9-30)19(20(22,23)24,21(25,26)27)12-4-6-14-15(8-12)17(32)28-16(14)31/h3-8,30H,9H2,1-2H3,(H,28,31,32). The van der Waals surface area contributed by atoms with E-state index < -0.39 is 64.3 Å². The van der Waals surface area contributed by atoms with Crippen molar-refractivity contribution >= 4 is 17.7 Å². The maximum absolute atomic E-state index is 14.4. The summed E-state index contributed by atoms with van der Waals surface area (Å²) in [6.45, 7) is -1.00. The smallest absolute Gasteiger partial charge is 0.392 e. The van der Waals surface area contributed by atoms with Gasteiger partial charge in [-0.25, -0.2) is 0 Å². The molecule has 0 aromatic heterocycles. The molecule has 6 nitrogen and oxygen atoms in total. The van der Waals surface area contributed by atoms with Crippen LogP contribution in [0.3, 0.4) is 0 Å². The third-order valence-corrected chi connectivity index (χ3v) is 5.36. The number of hydrogen-bond donors (Lipinski definition) is 2. The largest absolute Gasteiger partial charge is 0.411 e. The Morgan fingerprint density at radius 1 is 0.879 bits per heavy atom. The lowest BCUT2D eigenvalue weighted by atomic mass is 9.71. The van der Waals surface area contributed by atoms with Gasteiger partial charge in [0.25, 0.3) is 17.7 Å². The minimum Gasteiger partial charge on any atom is -0.392 e. The average Bonchev–Trinajstić information content (AvgIpc) is 2.99. The molecule has 0 bridgehead atoms. The zero-order chi connectivity index (χ0) is 24.9. The van der Waals surface area contributed by atoms with E-state index in [1.807, 2.05) is 5.32 Å². The normalized spacial score (nSPS) is 14.2. The van der Waals surface area contributed by atoms with Crippen LogP contribution in [-0.4, -0.2) is 54.2 Å². The first-order chi connectivity index (χ1) is 15.2. The van der Waals surface area contributed by atoms with Gasteiger partial charge >= 0.3 is 12.4 Å². The fourth-order valence-corrected chi connectivity index (χ4v) is 3.79. The number of aliphatic hydroxyl groups excluding tert-OH is 1. The predicted octanol–water partition coefficient (Wildman–Crippen LogP) is 3.18. The minimum atomic E-state index is -5.96. The van der Waals surface area contributed by atoms with Crippen LogP contribution < -0.4 is 5.32 Å². The van der Waals surface area contributed by atoms with Crippen LogP contribution in [0.4, 0.5) is 26.3 Å². The van der Waals surface area contributed by atoms with Crippen LogP contribution >= 0.6 is 0 Å². The molecule has 0 saturated carbocycles. The molecule has 1 heterocycles. The van der Waals surface area contributed by atoms with Gasteiger partial charge in [-0.15, -0.1) is 0 Å². The molecule has 3 rings (SSSR count). The van der Waals surface area contributed by atoms with Crippen LogP contribution in [0.15, 0.2) is 36.4 Å². The Morgan fingerprint density at radius 2 is 1.39 bits per heavy atom. The highest BCUT2D eigenvalue weighted by molar-refractivity contribution is 6.21. The molecule has 0 aliphatic carbocycles. The highest BCUT2D eigenvalue weighted by Crippen LogP contribution is 2.56.